The van der Waals surface area contributed by atoms with Gasteiger partial charge >= 0.3 is 0 Å². The smallest absolute Gasteiger partial charge is 0.266 e. The molecule has 2 aromatic rings. The van der Waals surface area contributed by atoms with Gasteiger partial charge in [0.25, 0.3) is 5.91 Å². The fourth-order valence-electron chi connectivity index (χ4n) is 2.04. The first-order chi connectivity index (χ1) is 11.0. The summed E-state index contributed by atoms with van der Waals surface area (Å²) in [4.78, 5) is 23.8. The lowest BCUT2D eigenvalue weighted by Crippen LogP contribution is -2.32. The molecule has 6 heteroatoms. The lowest BCUT2D eigenvalue weighted by molar-refractivity contribution is -0.122. The molecule has 1 heterocycles. The monoisotopic (exact) mass is 316 g/mol. The van der Waals surface area contributed by atoms with Gasteiger partial charge in [0, 0.05) is 18.1 Å². The van der Waals surface area contributed by atoms with E-state index in [1.807, 2.05) is 13.8 Å². The van der Waals surface area contributed by atoms with Crippen LogP contribution in [0.2, 0.25) is 0 Å². The van der Waals surface area contributed by atoms with E-state index in [-0.39, 0.29) is 11.7 Å². The van der Waals surface area contributed by atoms with Crippen molar-refractivity contribution in [2.75, 3.05) is 5.32 Å². The SMILES string of the molecule is CCC(=O)c1ccc(O[C@H](CC)C(=O)Nc2cc(C)on2)cc1. The molecule has 1 aromatic carbocycles. The predicted molar refractivity (Wildman–Crippen MR) is 85.6 cm³/mol. The van der Waals surface area contributed by atoms with Crippen molar-refractivity contribution in [3.8, 4) is 5.75 Å². The Labute approximate surface area is 134 Å². The maximum absolute atomic E-state index is 12.2. The molecule has 0 bridgehead atoms. The summed E-state index contributed by atoms with van der Waals surface area (Å²) in [6.45, 7) is 5.42. The van der Waals surface area contributed by atoms with Crippen LogP contribution in [0, 0.1) is 6.92 Å². The molecule has 0 aliphatic heterocycles. The Hall–Kier alpha value is -2.63. The van der Waals surface area contributed by atoms with Crippen LogP contribution in [0.25, 0.3) is 0 Å². The third-order valence-corrected chi connectivity index (χ3v) is 3.32. The van der Waals surface area contributed by atoms with E-state index >= 15 is 0 Å². The Morgan fingerprint density at radius 2 is 1.96 bits per heavy atom. The van der Waals surface area contributed by atoms with Crippen molar-refractivity contribution in [3.63, 3.8) is 0 Å². The number of anilines is 1. The molecular weight excluding hydrogens is 296 g/mol. The second-order valence-corrected chi connectivity index (χ2v) is 5.13. The Morgan fingerprint density at radius 3 is 2.48 bits per heavy atom. The molecule has 2 rings (SSSR count). The minimum atomic E-state index is -0.653. The molecule has 0 saturated carbocycles. The first-order valence-corrected chi connectivity index (χ1v) is 7.57. The van der Waals surface area contributed by atoms with E-state index in [1.165, 1.54) is 0 Å². The molecular formula is C17H20N2O4. The molecule has 0 aliphatic rings. The predicted octanol–water partition coefficient (Wildman–Crippen LogP) is 3.37. The quantitative estimate of drug-likeness (QED) is 0.792. The van der Waals surface area contributed by atoms with E-state index in [1.54, 1.807) is 37.3 Å². The van der Waals surface area contributed by atoms with E-state index < -0.39 is 6.10 Å². The second-order valence-electron chi connectivity index (χ2n) is 5.13. The van der Waals surface area contributed by atoms with Gasteiger partial charge in [-0.15, -0.1) is 0 Å². The second kappa shape index (κ2) is 7.58. The number of nitrogens with zero attached hydrogens (tertiary/aromatic N) is 1. The fourth-order valence-corrected chi connectivity index (χ4v) is 2.04. The third-order valence-electron chi connectivity index (χ3n) is 3.32. The van der Waals surface area contributed by atoms with E-state index in [0.29, 0.717) is 35.7 Å². The molecule has 0 aliphatic carbocycles. The number of benzene rings is 1. The van der Waals surface area contributed by atoms with Gasteiger partial charge in [0.2, 0.25) is 0 Å². The van der Waals surface area contributed by atoms with Crippen molar-refractivity contribution in [1.29, 1.82) is 0 Å². The van der Waals surface area contributed by atoms with E-state index in [0.717, 1.165) is 0 Å². The van der Waals surface area contributed by atoms with Crippen molar-refractivity contribution in [3.05, 3.63) is 41.7 Å². The zero-order chi connectivity index (χ0) is 16.8. The number of hydrogen-bond acceptors (Lipinski definition) is 5. The van der Waals surface area contributed by atoms with Gasteiger partial charge in [-0.1, -0.05) is 19.0 Å². The molecule has 0 spiro atoms. The number of aromatic nitrogens is 1. The molecule has 1 amide bonds. The zero-order valence-electron chi connectivity index (χ0n) is 13.5. The number of rotatable bonds is 7. The number of aryl methyl sites for hydroxylation is 1. The Balaban J connectivity index is 2.00. The zero-order valence-corrected chi connectivity index (χ0v) is 13.5. The molecule has 0 saturated heterocycles. The number of hydrogen-bond donors (Lipinski definition) is 1. The van der Waals surface area contributed by atoms with Gasteiger partial charge in [-0.3, -0.25) is 9.59 Å². The minimum absolute atomic E-state index is 0.0720. The van der Waals surface area contributed by atoms with E-state index in [9.17, 15) is 9.59 Å². The van der Waals surface area contributed by atoms with Crippen molar-refractivity contribution < 1.29 is 18.8 Å². The Morgan fingerprint density at radius 1 is 1.26 bits per heavy atom. The number of ether oxygens (including phenoxy) is 1. The third kappa shape index (κ3) is 4.42. The minimum Gasteiger partial charge on any atom is -0.481 e. The summed E-state index contributed by atoms with van der Waals surface area (Å²) in [5.74, 6) is 1.29. The molecule has 0 unspecified atom stereocenters. The van der Waals surface area contributed by atoms with Gasteiger partial charge in [0.05, 0.1) is 0 Å². The number of amides is 1. The van der Waals surface area contributed by atoms with Crippen molar-refractivity contribution in [2.45, 2.75) is 39.7 Å². The number of Topliss-reactive ketones (excluding diaryl/α,β-unsaturated/α-hetero) is 1. The highest BCUT2D eigenvalue weighted by molar-refractivity contribution is 5.96. The van der Waals surface area contributed by atoms with Gasteiger partial charge in [0.15, 0.2) is 17.7 Å². The highest BCUT2D eigenvalue weighted by Crippen LogP contribution is 2.17. The van der Waals surface area contributed by atoms with Crippen LogP contribution in [0.15, 0.2) is 34.9 Å². The molecule has 0 fully saturated rings. The van der Waals surface area contributed by atoms with Crippen LogP contribution in [-0.4, -0.2) is 23.0 Å². The molecule has 122 valence electrons. The van der Waals surface area contributed by atoms with Crippen LogP contribution in [0.5, 0.6) is 5.75 Å². The number of carbonyl (C=O) groups is 2. The van der Waals surface area contributed by atoms with Gasteiger partial charge in [-0.25, -0.2) is 0 Å². The van der Waals surface area contributed by atoms with E-state index in [4.69, 9.17) is 9.26 Å². The normalized spacial score (nSPS) is 11.8. The van der Waals surface area contributed by atoms with Gasteiger partial charge in [0.1, 0.15) is 11.5 Å². The first kappa shape index (κ1) is 16.7. The maximum atomic E-state index is 12.2. The molecule has 1 aromatic heterocycles. The number of nitrogens with one attached hydrogen (secondary N) is 1. The molecule has 6 nitrogen and oxygen atoms in total. The summed E-state index contributed by atoms with van der Waals surface area (Å²) in [5, 5.41) is 6.37. The van der Waals surface area contributed by atoms with Crippen LogP contribution < -0.4 is 10.1 Å². The molecule has 1 atom stereocenters. The highest BCUT2D eigenvalue weighted by atomic mass is 16.5. The number of ketones is 1. The average molecular weight is 316 g/mol. The number of carbonyl (C=O) groups excluding carboxylic acids is 2. The van der Waals surface area contributed by atoms with E-state index in [2.05, 4.69) is 10.5 Å². The van der Waals surface area contributed by atoms with Crippen molar-refractivity contribution in [1.82, 2.24) is 5.16 Å². The summed E-state index contributed by atoms with van der Waals surface area (Å²) >= 11 is 0. The largest absolute Gasteiger partial charge is 0.481 e. The van der Waals surface area contributed by atoms with Crippen molar-refractivity contribution >= 4 is 17.5 Å². The summed E-state index contributed by atoms with van der Waals surface area (Å²) in [7, 11) is 0. The van der Waals surface area contributed by atoms with Gasteiger partial charge < -0.3 is 14.6 Å². The van der Waals surface area contributed by atoms with Crippen LogP contribution in [0.1, 0.15) is 42.8 Å². The van der Waals surface area contributed by atoms with Gasteiger partial charge in [-0.2, -0.15) is 0 Å². The topological polar surface area (TPSA) is 81.4 Å². The molecule has 23 heavy (non-hydrogen) atoms. The lowest BCUT2D eigenvalue weighted by Gasteiger charge is -2.16. The molecule has 1 N–H and O–H groups in total. The fraction of sp³-hybridized carbons (Fsp3) is 0.353. The van der Waals surface area contributed by atoms with Crippen LogP contribution in [-0.2, 0) is 4.79 Å². The summed E-state index contributed by atoms with van der Waals surface area (Å²) < 4.78 is 10.6. The summed E-state index contributed by atoms with van der Waals surface area (Å²) in [6, 6.07) is 8.42. The van der Waals surface area contributed by atoms with Gasteiger partial charge in [-0.05, 0) is 37.6 Å². The first-order valence-electron chi connectivity index (χ1n) is 7.57. The Kier molecular flexibility index (Phi) is 5.51. The average Bonchev–Trinajstić information content (AvgIpc) is 2.97. The standard InChI is InChI=1S/C17H20N2O4/c1-4-14(20)12-6-8-13(9-7-12)22-15(5-2)17(21)18-16-10-11(3)23-19-16/h6-10,15H,4-5H2,1-3H3,(H,18,19,21)/t15-/m1/s1. The highest BCUT2D eigenvalue weighted by Gasteiger charge is 2.20. The lowest BCUT2D eigenvalue weighted by atomic mass is 10.1. The summed E-state index contributed by atoms with van der Waals surface area (Å²) in [6.07, 6.45) is 0.301. The summed E-state index contributed by atoms with van der Waals surface area (Å²) in [5.41, 5.74) is 0.635. The Bertz CT molecular complexity index is 676. The van der Waals surface area contributed by atoms with Crippen LogP contribution >= 0.6 is 0 Å². The van der Waals surface area contributed by atoms with Crippen LogP contribution in [0.4, 0.5) is 5.82 Å². The molecule has 0 radical (unpaired) electrons. The van der Waals surface area contributed by atoms with Crippen LogP contribution in [0.3, 0.4) is 0 Å². The van der Waals surface area contributed by atoms with Crippen molar-refractivity contribution in [2.24, 2.45) is 0 Å². The maximum Gasteiger partial charge on any atom is 0.266 e.